The first-order valence-corrected chi connectivity index (χ1v) is 6.82. The van der Waals surface area contributed by atoms with Gasteiger partial charge in [-0.25, -0.2) is 0 Å². The van der Waals surface area contributed by atoms with Crippen LogP contribution in [0, 0.1) is 11.3 Å². The van der Waals surface area contributed by atoms with Crippen molar-refractivity contribution in [1.29, 1.82) is 5.41 Å². The molecule has 0 spiro atoms. The lowest BCUT2D eigenvalue weighted by atomic mass is 9.87. The van der Waals surface area contributed by atoms with Crippen molar-refractivity contribution >= 4 is 5.84 Å². The van der Waals surface area contributed by atoms with Gasteiger partial charge in [0.1, 0.15) is 0 Å². The monoisotopic (exact) mass is 261 g/mol. The molecule has 3 heteroatoms. The average Bonchev–Trinajstić information content (AvgIpc) is 2.28. The van der Waals surface area contributed by atoms with Gasteiger partial charge in [0.15, 0.2) is 0 Å². The molecule has 1 unspecified atom stereocenters. The van der Waals surface area contributed by atoms with Gasteiger partial charge in [-0.1, -0.05) is 52.0 Å². The molecule has 0 bridgehead atoms. The van der Waals surface area contributed by atoms with Gasteiger partial charge in [-0.2, -0.15) is 0 Å². The van der Waals surface area contributed by atoms with E-state index >= 15 is 0 Å². The Morgan fingerprint density at radius 1 is 1.26 bits per heavy atom. The molecule has 1 atom stereocenters. The van der Waals surface area contributed by atoms with E-state index < -0.39 is 0 Å². The number of amidine groups is 1. The molecule has 1 aromatic rings. The van der Waals surface area contributed by atoms with Gasteiger partial charge in [0.2, 0.25) is 0 Å². The van der Waals surface area contributed by atoms with Crippen molar-refractivity contribution in [2.24, 2.45) is 11.7 Å². The minimum atomic E-state index is 0.110. The number of nitrogens with two attached hydrogens (primary N) is 1. The standard InChI is InChI=1S/C16H27N3/c1-12(15(17)18)10-19(5)11-13-6-8-14(9-7-13)16(2,3)4/h6-9,12H,10-11H2,1-5H3,(H3,17,18). The summed E-state index contributed by atoms with van der Waals surface area (Å²) in [4.78, 5) is 2.21. The van der Waals surface area contributed by atoms with Crippen molar-refractivity contribution in [3.8, 4) is 0 Å². The van der Waals surface area contributed by atoms with Crippen LogP contribution in [-0.4, -0.2) is 24.3 Å². The maximum atomic E-state index is 7.42. The first kappa shape index (κ1) is 15.7. The number of nitrogens with zero attached hydrogens (tertiary/aromatic N) is 1. The summed E-state index contributed by atoms with van der Waals surface area (Å²) < 4.78 is 0. The Balaban J connectivity index is 2.61. The minimum absolute atomic E-state index is 0.110. The molecule has 0 amide bonds. The van der Waals surface area contributed by atoms with Gasteiger partial charge in [-0.15, -0.1) is 0 Å². The molecule has 0 aromatic heterocycles. The maximum absolute atomic E-state index is 7.42. The topological polar surface area (TPSA) is 53.1 Å². The molecule has 0 aliphatic rings. The van der Waals surface area contributed by atoms with Crippen molar-refractivity contribution in [1.82, 2.24) is 4.90 Å². The third-order valence-electron chi connectivity index (χ3n) is 3.39. The van der Waals surface area contributed by atoms with Gasteiger partial charge in [0.05, 0.1) is 5.84 Å². The fourth-order valence-corrected chi connectivity index (χ4v) is 2.05. The molecule has 1 rings (SSSR count). The van der Waals surface area contributed by atoms with Crippen LogP contribution in [0.15, 0.2) is 24.3 Å². The van der Waals surface area contributed by atoms with E-state index in [9.17, 15) is 0 Å². The van der Waals surface area contributed by atoms with E-state index in [0.29, 0.717) is 0 Å². The van der Waals surface area contributed by atoms with Crippen molar-refractivity contribution in [3.05, 3.63) is 35.4 Å². The summed E-state index contributed by atoms with van der Waals surface area (Å²) in [5.74, 6) is 0.369. The lowest BCUT2D eigenvalue weighted by Crippen LogP contribution is -2.31. The molecule has 1 aromatic carbocycles. The smallest absolute Gasteiger partial charge is 0.0947 e. The van der Waals surface area contributed by atoms with E-state index in [2.05, 4.69) is 57.0 Å². The summed E-state index contributed by atoms with van der Waals surface area (Å²) in [6.45, 7) is 10.4. The predicted molar refractivity (Wildman–Crippen MR) is 82.6 cm³/mol. The highest BCUT2D eigenvalue weighted by Crippen LogP contribution is 2.22. The third-order valence-corrected chi connectivity index (χ3v) is 3.39. The second-order valence-electron chi connectivity index (χ2n) is 6.50. The minimum Gasteiger partial charge on any atom is -0.387 e. The normalized spacial score (nSPS) is 13.6. The molecule has 3 N–H and O–H groups in total. The predicted octanol–water partition coefficient (Wildman–Crippen LogP) is 2.99. The maximum Gasteiger partial charge on any atom is 0.0947 e. The SMILES string of the molecule is CC(CN(C)Cc1ccc(C(C)(C)C)cc1)C(=N)N. The van der Waals surface area contributed by atoms with E-state index in [-0.39, 0.29) is 17.2 Å². The second kappa shape index (κ2) is 6.20. The van der Waals surface area contributed by atoms with E-state index in [0.717, 1.165) is 13.1 Å². The molecule has 3 nitrogen and oxygen atoms in total. The quantitative estimate of drug-likeness (QED) is 0.632. The van der Waals surface area contributed by atoms with E-state index in [4.69, 9.17) is 11.1 Å². The van der Waals surface area contributed by atoms with Crippen molar-refractivity contribution < 1.29 is 0 Å². The molecule has 0 fully saturated rings. The molecule has 0 aliphatic heterocycles. The Bertz CT molecular complexity index is 415. The molecule has 0 saturated heterocycles. The summed E-state index contributed by atoms with van der Waals surface area (Å²) in [7, 11) is 2.07. The van der Waals surface area contributed by atoms with Crippen LogP contribution in [-0.2, 0) is 12.0 Å². The lowest BCUT2D eigenvalue weighted by Gasteiger charge is -2.22. The highest BCUT2D eigenvalue weighted by molar-refractivity contribution is 5.79. The molecular formula is C16H27N3. The van der Waals surface area contributed by atoms with Gasteiger partial charge in [-0.05, 0) is 23.6 Å². The first-order valence-electron chi connectivity index (χ1n) is 6.82. The summed E-state index contributed by atoms with van der Waals surface area (Å²) in [5, 5.41) is 7.42. The van der Waals surface area contributed by atoms with Crippen LogP contribution >= 0.6 is 0 Å². The van der Waals surface area contributed by atoms with Crippen LogP contribution < -0.4 is 5.73 Å². The van der Waals surface area contributed by atoms with Crippen LogP contribution in [0.25, 0.3) is 0 Å². The zero-order valence-corrected chi connectivity index (χ0v) is 12.8. The van der Waals surface area contributed by atoms with E-state index in [1.54, 1.807) is 0 Å². The summed E-state index contributed by atoms with van der Waals surface area (Å²) in [6, 6.07) is 8.79. The van der Waals surface area contributed by atoms with Crippen molar-refractivity contribution in [2.75, 3.05) is 13.6 Å². The first-order chi connectivity index (χ1) is 8.70. The number of nitrogens with one attached hydrogen (secondary N) is 1. The zero-order valence-electron chi connectivity index (χ0n) is 12.8. The zero-order chi connectivity index (χ0) is 14.6. The fourth-order valence-electron chi connectivity index (χ4n) is 2.05. The van der Waals surface area contributed by atoms with Crippen molar-refractivity contribution in [3.63, 3.8) is 0 Å². The number of rotatable bonds is 5. The summed E-state index contributed by atoms with van der Waals surface area (Å²) in [6.07, 6.45) is 0. The number of hydrogen-bond donors (Lipinski definition) is 2. The Morgan fingerprint density at radius 3 is 2.21 bits per heavy atom. The second-order valence-corrected chi connectivity index (χ2v) is 6.50. The summed E-state index contributed by atoms with van der Waals surface area (Å²) >= 11 is 0. The lowest BCUT2D eigenvalue weighted by molar-refractivity contribution is 0.306. The Morgan fingerprint density at radius 2 is 1.79 bits per heavy atom. The number of hydrogen-bond acceptors (Lipinski definition) is 2. The highest BCUT2D eigenvalue weighted by atomic mass is 15.1. The largest absolute Gasteiger partial charge is 0.387 e. The molecule has 0 radical (unpaired) electrons. The third kappa shape index (κ3) is 5.03. The molecule has 106 valence electrons. The van der Waals surface area contributed by atoms with Gasteiger partial charge >= 0.3 is 0 Å². The van der Waals surface area contributed by atoms with Crippen LogP contribution in [0.4, 0.5) is 0 Å². The Labute approximate surface area is 117 Å². The Hall–Kier alpha value is -1.35. The van der Waals surface area contributed by atoms with E-state index in [1.807, 2.05) is 6.92 Å². The summed E-state index contributed by atoms with van der Waals surface area (Å²) in [5.41, 5.74) is 8.36. The molecule has 0 aliphatic carbocycles. The van der Waals surface area contributed by atoms with Gasteiger partial charge in [0.25, 0.3) is 0 Å². The van der Waals surface area contributed by atoms with Crippen LogP contribution in [0.2, 0.25) is 0 Å². The van der Waals surface area contributed by atoms with Crippen molar-refractivity contribution in [2.45, 2.75) is 39.7 Å². The fraction of sp³-hybridized carbons (Fsp3) is 0.562. The molecular weight excluding hydrogens is 234 g/mol. The molecule has 0 saturated carbocycles. The van der Waals surface area contributed by atoms with Gasteiger partial charge < -0.3 is 10.6 Å². The van der Waals surface area contributed by atoms with Crippen LogP contribution in [0.1, 0.15) is 38.8 Å². The van der Waals surface area contributed by atoms with Gasteiger partial charge in [-0.3, -0.25) is 5.41 Å². The molecule has 19 heavy (non-hydrogen) atoms. The average molecular weight is 261 g/mol. The number of benzene rings is 1. The highest BCUT2D eigenvalue weighted by Gasteiger charge is 2.13. The van der Waals surface area contributed by atoms with E-state index in [1.165, 1.54) is 11.1 Å². The Kier molecular flexibility index (Phi) is 5.12. The van der Waals surface area contributed by atoms with Gasteiger partial charge in [0, 0.05) is 19.0 Å². The van der Waals surface area contributed by atoms with Crippen LogP contribution in [0.3, 0.4) is 0 Å². The van der Waals surface area contributed by atoms with Crippen LogP contribution in [0.5, 0.6) is 0 Å². The molecule has 0 heterocycles.